The molecule has 1 unspecified atom stereocenters. The molecule has 1 atom stereocenters. The summed E-state index contributed by atoms with van der Waals surface area (Å²) < 4.78 is 5.55. The van der Waals surface area contributed by atoms with Gasteiger partial charge in [-0.3, -0.25) is 9.59 Å². The molecule has 1 aromatic carbocycles. The van der Waals surface area contributed by atoms with Gasteiger partial charge < -0.3 is 14.2 Å². The van der Waals surface area contributed by atoms with E-state index in [2.05, 4.69) is 0 Å². The van der Waals surface area contributed by atoms with Crippen molar-refractivity contribution in [2.24, 2.45) is 5.92 Å². The van der Waals surface area contributed by atoms with Gasteiger partial charge in [0, 0.05) is 30.7 Å². The molecule has 0 aliphatic carbocycles. The van der Waals surface area contributed by atoms with E-state index in [-0.39, 0.29) is 17.7 Å². The van der Waals surface area contributed by atoms with Crippen LogP contribution in [0.15, 0.2) is 40.8 Å². The smallest absolute Gasteiger partial charge is 0.253 e. The van der Waals surface area contributed by atoms with Crippen molar-refractivity contribution < 1.29 is 14.0 Å². The molecular weight excluding hydrogens is 352 g/mol. The normalized spacial score (nSPS) is 17.2. The van der Waals surface area contributed by atoms with Crippen molar-refractivity contribution in [1.82, 2.24) is 9.80 Å². The van der Waals surface area contributed by atoms with Crippen LogP contribution in [-0.2, 0) is 11.3 Å². The maximum Gasteiger partial charge on any atom is 0.253 e. The van der Waals surface area contributed by atoms with Gasteiger partial charge in [0.2, 0.25) is 5.91 Å². The monoisotopic (exact) mass is 374 g/mol. The summed E-state index contributed by atoms with van der Waals surface area (Å²) in [4.78, 5) is 28.9. The van der Waals surface area contributed by atoms with Crippen molar-refractivity contribution in [2.45, 2.75) is 26.3 Å². The molecule has 0 bridgehead atoms. The van der Waals surface area contributed by atoms with Crippen LogP contribution in [0.1, 0.15) is 34.7 Å². The molecule has 0 N–H and O–H groups in total. The number of hydrogen-bond acceptors (Lipinski definition) is 3. The van der Waals surface area contributed by atoms with E-state index in [0.717, 1.165) is 24.4 Å². The average molecular weight is 375 g/mol. The molecule has 0 radical (unpaired) electrons. The number of halogens is 1. The molecule has 2 heterocycles. The fourth-order valence-electron chi connectivity index (χ4n) is 3.33. The van der Waals surface area contributed by atoms with Crippen molar-refractivity contribution in [2.75, 3.05) is 20.1 Å². The molecule has 1 aromatic heterocycles. The maximum atomic E-state index is 12.8. The number of carbonyl (C=O) groups is 2. The van der Waals surface area contributed by atoms with Crippen molar-refractivity contribution in [3.8, 4) is 0 Å². The van der Waals surface area contributed by atoms with E-state index < -0.39 is 0 Å². The van der Waals surface area contributed by atoms with Gasteiger partial charge in [-0.2, -0.15) is 0 Å². The highest BCUT2D eigenvalue weighted by Crippen LogP contribution is 2.22. The lowest BCUT2D eigenvalue weighted by Gasteiger charge is -2.34. The number of nitrogens with zero attached hydrogens (tertiary/aromatic N) is 2. The summed E-state index contributed by atoms with van der Waals surface area (Å²) in [6, 6.07) is 10.6. The van der Waals surface area contributed by atoms with E-state index in [1.165, 1.54) is 0 Å². The first-order valence-corrected chi connectivity index (χ1v) is 9.17. The second-order valence-electron chi connectivity index (χ2n) is 6.80. The zero-order chi connectivity index (χ0) is 18.7. The van der Waals surface area contributed by atoms with Gasteiger partial charge in [0.25, 0.3) is 5.91 Å². The van der Waals surface area contributed by atoms with E-state index in [1.807, 2.05) is 19.1 Å². The van der Waals surface area contributed by atoms with Crippen molar-refractivity contribution in [1.29, 1.82) is 0 Å². The molecule has 138 valence electrons. The number of likely N-dealkylation sites (tertiary alicyclic amines) is 1. The molecular formula is C20H23ClN2O3. The van der Waals surface area contributed by atoms with Crippen LogP contribution in [0.25, 0.3) is 0 Å². The van der Waals surface area contributed by atoms with Gasteiger partial charge in [-0.05, 0) is 56.2 Å². The molecule has 1 saturated heterocycles. The zero-order valence-corrected chi connectivity index (χ0v) is 15.8. The van der Waals surface area contributed by atoms with Crippen LogP contribution in [-0.4, -0.2) is 41.8 Å². The zero-order valence-electron chi connectivity index (χ0n) is 15.1. The van der Waals surface area contributed by atoms with E-state index in [1.54, 1.807) is 41.1 Å². The number of rotatable bonds is 4. The molecule has 2 aromatic rings. The minimum atomic E-state index is -0.180. The molecule has 1 aliphatic heterocycles. The van der Waals surface area contributed by atoms with Gasteiger partial charge >= 0.3 is 0 Å². The Balaban J connectivity index is 1.62. The molecule has 1 fully saturated rings. The minimum absolute atomic E-state index is 0.0488. The van der Waals surface area contributed by atoms with Gasteiger partial charge in [0.05, 0.1) is 12.5 Å². The Morgan fingerprint density at radius 2 is 1.96 bits per heavy atom. The number of amides is 2. The predicted octanol–water partition coefficient (Wildman–Crippen LogP) is 3.75. The van der Waals surface area contributed by atoms with Gasteiger partial charge in [-0.15, -0.1) is 0 Å². The number of benzene rings is 1. The van der Waals surface area contributed by atoms with Gasteiger partial charge in [0.15, 0.2) is 0 Å². The van der Waals surface area contributed by atoms with Crippen LogP contribution in [0, 0.1) is 12.8 Å². The van der Waals surface area contributed by atoms with Crippen molar-refractivity contribution in [3.05, 3.63) is 58.5 Å². The second kappa shape index (κ2) is 7.96. The van der Waals surface area contributed by atoms with Crippen LogP contribution in [0.4, 0.5) is 0 Å². The van der Waals surface area contributed by atoms with E-state index in [0.29, 0.717) is 30.2 Å². The molecule has 26 heavy (non-hydrogen) atoms. The number of furan rings is 1. The largest absolute Gasteiger partial charge is 0.464 e. The summed E-state index contributed by atoms with van der Waals surface area (Å²) in [5.74, 6) is 1.42. The SMILES string of the molecule is Cc1ccc(CN(C)C(=O)C2CCCN(C(=O)c3ccc(Cl)cc3)C2)o1. The summed E-state index contributed by atoms with van der Waals surface area (Å²) in [7, 11) is 1.78. The quantitative estimate of drug-likeness (QED) is 0.818. The number of carbonyl (C=O) groups excluding carboxylic acids is 2. The Morgan fingerprint density at radius 1 is 1.23 bits per heavy atom. The third-order valence-corrected chi connectivity index (χ3v) is 4.97. The first kappa shape index (κ1) is 18.5. The third-order valence-electron chi connectivity index (χ3n) is 4.71. The fourth-order valence-corrected chi connectivity index (χ4v) is 3.46. The van der Waals surface area contributed by atoms with Gasteiger partial charge in [-0.1, -0.05) is 11.6 Å². The van der Waals surface area contributed by atoms with Crippen LogP contribution in [0.2, 0.25) is 5.02 Å². The van der Waals surface area contributed by atoms with Crippen LogP contribution in [0.3, 0.4) is 0 Å². The predicted molar refractivity (Wildman–Crippen MR) is 100.0 cm³/mol. The summed E-state index contributed by atoms with van der Waals surface area (Å²) in [5.41, 5.74) is 0.599. The Morgan fingerprint density at radius 3 is 2.62 bits per heavy atom. The van der Waals surface area contributed by atoms with E-state index >= 15 is 0 Å². The molecule has 5 nitrogen and oxygen atoms in total. The first-order chi connectivity index (χ1) is 12.4. The second-order valence-corrected chi connectivity index (χ2v) is 7.24. The van der Waals surface area contributed by atoms with Crippen LogP contribution < -0.4 is 0 Å². The van der Waals surface area contributed by atoms with Crippen LogP contribution >= 0.6 is 11.6 Å². The number of piperidine rings is 1. The number of aryl methyl sites for hydroxylation is 1. The van der Waals surface area contributed by atoms with Crippen molar-refractivity contribution in [3.63, 3.8) is 0 Å². The fraction of sp³-hybridized carbons (Fsp3) is 0.400. The summed E-state index contributed by atoms with van der Waals surface area (Å²) in [6.07, 6.45) is 1.62. The highest BCUT2D eigenvalue weighted by atomic mass is 35.5. The first-order valence-electron chi connectivity index (χ1n) is 8.79. The molecule has 6 heteroatoms. The van der Waals surface area contributed by atoms with Gasteiger partial charge in [-0.25, -0.2) is 0 Å². The van der Waals surface area contributed by atoms with Crippen LogP contribution in [0.5, 0.6) is 0 Å². The topological polar surface area (TPSA) is 53.8 Å². The lowest BCUT2D eigenvalue weighted by atomic mass is 9.96. The molecule has 0 spiro atoms. The maximum absolute atomic E-state index is 12.8. The Bertz CT molecular complexity index is 785. The standard InChI is InChI=1S/C20H23ClN2O3/c1-14-5-10-18(26-14)13-22(2)19(24)16-4-3-11-23(12-16)20(25)15-6-8-17(21)9-7-15/h5-10,16H,3-4,11-13H2,1-2H3. The molecule has 1 aliphatic rings. The average Bonchev–Trinajstić information content (AvgIpc) is 3.06. The lowest BCUT2D eigenvalue weighted by molar-refractivity contribution is -0.136. The Labute approximate surface area is 158 Å². The highest BCUT2D eigenvalue weighted by Gasteiger charge is 2.30. The highest BCUT2D eigenvalue weighted by molar-refractivity contribution is 6.30. The lowest BCUT2D eigenvalue weighted by Crippen LogP contribution is -2.45. The Hall–Kier alpha value is -2.27. The summed E-state index contributed by atoms with van der Waals surface area (Å²) >= 11 is 5.89. The van der Waals surface area contributed by atoms with E-state index in [4.69, 9.17) is 16.0 Å². The Kier molecular flexibility index (Phi) is 5.67. The van der Waals surface area contributed by atoms with Gasteiger partial charge in [0.1, 0.15) is 11.5 Å². The summed E-state index contributed by atoms with van der Waals surface area (Å²) in [6.45, 7) is 3.44. The molecule has 0 saturated carbocycles. The molecule has 3 rings (SSSR count). The van der Waals surface area contributed by atoms with Crippen molar-refractivity contribution >= 4 is 23.4 Å². The summed E-state index contributed by atoms with van der Waals surface area (Å²) in [5, 5.41) is 0.600. The minimum Gasteiger partial charge on any atom is -0.464 e. The third kappa shape index (κ3) is 4.28. The van der Waals surface area contributed by atoms with E-state index in [9.17, 15) is 9.59 Å². The molecule has 2 amide bonds. The number of hydrogen-bond donors (Lipinski definition) is 0.